The highest BCUT2D eigenvalue weighted by Gasteiger charge is 2.25. The second kappa shape index (κ2) is 5.53. The summed E-state index contributed by atoms with van der Waals surface area (Å²) in [6.07, 6.45) is 0.865. The Morgan fingerprint density at radius 1 is 0.857 bits per heavy atom. The number of carbonyl (C=O) groups excluding carboxylic acids is 1. The molecule has 2 aromatic carbocycles. The quantitative estimate of drug-likeness (QED) is 0.715. The smallest absolute Gasteiger partial charge is 0.193 e. The van der Waals surface area contributed by atoms with Gasteiger partial charge in [0, 0.05) is 11.1 Å². The van der Waals surface area contributed by atoms with E-state index in [1.54, 1.807) is 0 Å². The van der Waals surface area contributed by atoms with E-state index in [1.807, 2.05) is 48.5 Å². The van der Waals surface area contributed by atoms with E-state index in [9.17, 15) is 4.79 Å². The summed E-state index contributed by atoms with van der Waals surface area (Å²) in [4.78, 5) is 12.8. The van der Waals surface area contributed by atoms with Crippen LogP contribution in [0.3, 0.4) is 0 Å². The van der Waals surface area contributed by atoms with Gasteiger partial charge in [0.05, 0.1) is 0 Å². The Labute approximate surface area is 125 Å². The highest BCUT2D eigenvalue weighted by molar-refractivity contribution is 6.14. The van der Waals surface area contributed by atoms with Crippen LogP contribution in [0.2, 0.25) is 0 Å². The summed E-state index contributed by atoms with van der Waals surface area (Å²) < 4.78 is 0. The van der Waals surface area contributed by atoms with Crippen LogP contribution >= 0.6 is 0 Å². The highest BCUT2D eigenvalue weighted by atomic mass is 16.1. The SMILES string of the molecule is CC1=C(C(=O)c2ccccc2)C(C)=C(c2ccccc2)C1. The Kier molecular flexibility index (Phi) is 3.57. The maximum Gasteiger partial charge on any atom is 0.193 e. The minimum atomic E-state index is 0.136. The molecule has 0 spiro atoms. The van der Waals surface area contributed by atoms with Crippen molar-refractivity contribution in [3.63, 3.8) is 0 Å². The first-order valence-electron chi connectivity index (χ1n) is 7.23. The first-order chi connectivity index (χ1) is 10.2. The van der Waals surface area contributed by atoms with Crippen LogP contribution in [-0.4, -0.2) is 5.78 Å². The molecule has 1 aliphatic rings. The van der Waals surface area contributed by atoms with Crippen LogP contribution in [0.5, 0.6) is 0 Å². The van der Waals surface area contributed by atoms with Crippen LogP contribution in [0, 0.1) is 0 Å². The summed E-state index contributed by atoms with van der Waals surface area (Å²) in [5.41, 5.74) is 6.42. The van der Waals surface area contributed by atoms with Gasteiger partial charge in [-0.2, -0.15) is 0 Å². The van der Waals surface area contributed by atoms with Crippen molar-refractivity contribution in [2.24, 2.45) is 0 Å². The van der Waals surface area contributed by atoms with Crippen molar-refractivity contribution in [1.29, 1.82) is 0 Å². The lowest BCUT2D eigenvalue weighted by Crippen LogP contribution is -2.04. The minimum absolute atomic E-state index is 0.136. The molecule has 1 heteroatoms. The fraction of sp³-hybridized carbons (Fsp3) is 0.150. The molecular formula is C20H18O. The van der Waals surface area contributed by atoms with Crippen molar-refractivity contribution in [2.75, 3.05) is 0 Å². The summed E-state index contributed by atoms with van der Waals surface area (Å²) in [6, 6.07) is 19.9. The second-order valence-corrected chi connectivity index (χ2v) is 5.50. The summed E-state index contributed by atoms with van der Waals surface area (Å²) >= 11 is 0. The normalized spacial score (nSPS) is 14.8. The Morgan fingerprint density at radius 3 is 2.05 bits per heavy atom. The number of allylic oxidation sites excluding steroid dienone is 4. The highest BCUT2D eigenvalue weighted by Crippen LogP contribution is 2.39. The molecule has 0 N–H and O–H groups in total. The molecule has 1 nitrogen and oxygen atoms in total. The summed E-state index contributed by atoms with van der Waals surface area (Å²) in [6.45, 7) is 4.13. The molecule has 0 fully saturated rings. The number of Topliss-reactive ketones (excluding diaryl/α,β-unsaturated/α-hetero) is 1. The largest absolute Gasteiger partial charge is 0.289 e. The number of carbonyl (C=O) groups is 1. The number of hydrogen-bond donors (Lipinski definition) is 0. The van der Waals surface area contributed by atoms with Crippen LogP contribution in [-0.2, 0) is 0 Å². The third-order valence-electron chi connectivity index (χ3n) is 4.08. The lowest BCUT2D eigenvalue weighted by Gasteiger charge is -2.07. The average molecular weight is 274 g/mol. The van der Waals surface area contributed by atoms with E-state index in [0.717, 1.165) is 23.1 Å². The van der Waals surface area contributed by atoms with Gasteiger partial charge in [-0.3, -0.25) is 4.79 Å². The van der Waals surface area contributed by atoms with Crippen molar-refractivity contribution in [3.8, 4) is 0 Å². The Bertz CT molecular complexity index is 734. The summed E-state index contributed by atoms with van der Waals surface area (Å²) in [5.74, 6) is 0.136. The molecular weight excluding hydrogens is 256 g/mol. The van der Waals surface area contributed by atoms with Gasteiger partial charge in [0.25, 0.3) is 0 Å². The van der Waals surface area contributed by atoms with Gasteiger partial charge in [0.1, 0.15) is 0 Å². The van der Waals surface area contributed by atoms with Crippen LogP contribution in [0.1, 0.15) is 36.2 Å². The molecule has 0 saturated carbocycles. The molecule has 3 rings (SSSR count). The lowest BCUT2D eigenvalue weighted by atomic mass is 9.96. The van der Waals surface area contributed by atoms with Crippen LogP contribution in [0.15, 0.2) is 77.4 Å². The van der Waals surface area contributed by atoms with Gasteiger partial charge in [-0.25, -0.2) is 0 Å². The van der Waals surface area contributed by atoms with Crippen LogP contribution in [0.4, 0.5) is 0 Å². The number of hydrogen-bond acceptors (Lipinski definition) is 1. The third-order valence-corrected chi connectivity index (χ3v) is 4.08. The maximum atomic E-state index is 12.8. The number of benzene rings is 2. The van der Waals surface area contributed by atoms with Gasteiger partial charge >= 0.3 is 0 Å². The van der Waals surface area contributed by atoms with Crippen molar-refractivity contribution in [3.05, 3.63) is 88.5 Å². The molecule has 104 valence electrons. The Morgan fingerprint density at radius 2 is 1.43 bits per heavy atom. The van der Waals surface area contributed by atoms with Crippen molar-refractivity contribution < 1.29 is 4.79 Å². The van der Waals surface area contributed by atoms with E-state index in [2.05, 4.69) is 26.0 Å². The van der Waals surface area contributed by atoms with Crippen LogP contribution < -0.4 is 0 Å². The molecule has 0 radical (unpaired) electrons. The number of ketones is 1. The van der Waals surface area contributed by atoms with Gasteiger partial charge in [-0.1, -0.05) is 66.2 Å². The predicted molar refractivity (Wildman–Crippen MR) is 87.1 cm³/mol. The minimum Gasteiger partial charge on any atom is -0.289 e. The van der Waals surface area contributed by atoms with Crippen molar-refractivity contribution >= 4 is 11.4 Å². The van der Waals surface area contributed by atoms with Gasteiger partial charge < -0.3 is 0 Å². The van der Waals surface area contributed by atoms with E-state index in [1.165, 1.54) is 16.7 Å². The molecule has 0 unspecified atom stereocenters. The monoisotopic (exact) mass is 274 g/mol. The zero-order chi connectivity index (χ0) is 14.8. The van der Waals surface area contributed by atoms with Crippen LogP contribution in [0.25, 0.3) is 5.57 Å². The third kappa shape index (κ3) is 2.47. The van der Waals surface area contributed by atoms with Gasteiger partial charge in [-0.05, 0) is 37.0 Å². The molecule has 0 heterocycles. The van der Waals surface area contributed by atoms with Crippen molar-refractivity contribution in [1.82, 2.24) is 0 Å². The maximum absolute atomic E-state index is 12.8. The van der Waals surface area contributed by atoms with Gasteiger partial charge in [-0.15, -0.1) is 0 Å². The van der Waals surface area contributed by atoms with E-state index < -0.39 is 0 Å². The fourth-order valence-electron chi connectivity index (χ4n) is 3.01. The molecule has 0 saturated heterocycles. The van der Waals surface area contributed by atoms with Gasteiger partial charge in [0.15, 0.2) is 5.78 Å². The first kappa shape index (κ1) is 13.6. The van der Waals surface area contributed by atoms with Crippen molar-refractivity contribution in [2.45, 2.75) is 20.3 Å². The Hall–Kier alpha value is -2.41. The molecule has 0 atom stereocenters. The molecule has 0 aliphatic heterocycles. The molecule has 0 amide bonds. The summed E-state index contributed by atoms with van der Waals surface area (Å²) in [7, 11) is 0. The van der Waals surface area contributed by atoms with E-state index in [4.69, 9.17) is 0 Å². The topological polar surface area (TPSA) is 17.1 Å². The second-order valence-electron chi connectivity index (χ2n) is 5.50. The zero-order valence-electron chi connectivity index (χ0n) is 12.4. The molecule has 1 aliphatic carbocycles. The number of rotatable bonds is 3. The van der Waals surface area contributed by atoms with E-state index >= 15 is 0 Å². The average Bonchev–Trinajstić information content (AvgIpc) is 2.83. The predicted octanol–water partition coefficient (Wildman–Crippen LogP) is 5.06. The van der Waals surface area contributed by atoms with Gasteiger partial charge in [0.2, 0.25) is 0 Å². The molecule has 2 aromatic rings. The molecule has 0 aromatic heterocycles. The standard InChI is InChI=1S/C20H18O/c1-14-13-18(16-9-5-3-6-10-16)15(2)19(14)20(21)17-11-7-4-8-12-17/h3-12H,13H2,1-2H3. The molecule has 0 bridgehead atoms. The first-order valence-corrected chi connectivity index (χ1v) is 7.23. The Balaban J connectivity index is 2.01. The zero-order valence-corrected chi connectivity index (χ0v) is 12.4. The van der Waals surface area contributed by atoms with E-state index in [-0.39, 0.29) is 5.78 Å². The summed E-state index contributed by atoms with van der Waals surface area (Å²) in [5, 5.41) is 0. The molecule has 21 heavy (non-hydrogen) atoms. The van der Waals surface area contributed by atoms with E-state index in [0.29, 0.717) is 0 Å². The lowest BCUT2D eigenvalue weighted by molar-refractivity contribution is 0.103. The fourth-order valence-corrected chi connectivity index (χ4v) is 3.01.